The maximum atomic E-state index is 11.5. The van der Waals surface area contributed by atoms with Gasteiger partial charge in [-0.15, -0.1) is 0 Å². The molecule has 54 heavy (non-hydrogen) atoms. The normalized spacial score (nSPS) is 23.6. The maximum absolute atomic E-state index is 11.5. The van der Waals surface area contributed by atoms with E-state index in [0.717, 1.165) is 62.4 Å². The number of esters is 1. The number of carbonyl (C=O) groups excluding carboxylic acids is 1. The van der Waals surface area contributed by atoms with E-state index >= 15 is 0 Å². The van der Waals surface area contributed by atoms with E-state index in [4.69, 9.17) is 19.3 Å². The number of carboxylic acid groups (broad SMARTS) is 1. The summed E-state index contributed by atoms with van der Waals surface area (Å²) < 4.78 is 17.2. The van der Waals surface area contributed by atoms with Crippen LogP contribution >= 0.6 is 0 Å². The zero-order valence-electron chi connectivity index (χ0n) is 31.7. The summed E-state index contributed by atoms with van der Waals surface area (Å²) >= 11 is 0. The van der Waals surface area contributed by atoms with Crippen molar-refractivity contribution in [3.63, 3.8) is 0 Å². The van der Waals surface area contributed by atoms with Gasteiger partial charge >= 0.3 is 11.9 Å². The first kappa shape index (κ1) is 39.6. The van der Waals surface area contributed by atoms with Gasteiger partial charge in [0.1, 0.15) is 11.5 Å². The fourth-order valence-corrected chi connectivity index (χ4v) is 8.36. The molecule has 8 rings (SSSR count). The monoisotopic (exact) mass is 736 g/mol. The lowest BCUT2D eigenvalue weighted by Crippen LogP contribution is -2.49. The molecule has 0 unspecified atom stereocenters. The predicted octanol–water partition coefficient (Wildman–Crippen LogP) is 9.35. The summed E-state index contributed by atoms with van der Waals surface area (Å²) in [6.45, 7) is 9.24. The Labute approximate surface area is 321 Å². The molecular weight excluding hydrogens is 677 g/mol. The summed E-state index contributed by atoms with van der Waals surface area (Å²) in [7, 11) is 1.46. The van der Waals surface area contributed by atoms with Crippen LogP contribution in [-0.2, 0) is 27.4 Å². The molecule has 0 bridgehead atoms. The van der Waals surface area contributed by atoms with Crippen LogP contribution < -0.4 is 9.47 Å². The molecule has 0 radical (unpaired) electrons. The quantitative estimate of drug-likeness (QED) is 0.161. The van der Waals surface area contributed by atoms with Crippen molar-refractivity contribution in [1.82, 2.24) is 9.80 Å². The summed E-state index contributed by atoms with van der Waals surface area (Å²) in [5.74, 6) is 2.70. The molecule has 4 fully saturated rings. The van der Waals surface area contributed by atoms with Crippen molar-refractivity contribution in [2.75, 3.05) is 33.3 Å². The van der Waals surface area contributed by atoms with Crippen LogP contribution in [0.4, 0.5) is 0 Å². The number of aliphatic carboxylic acids is 1. The van der Waals surface area contributed by atoms with Crippen molar-refractivity contribution in [3.8, 4) is 11.5 Å². The molecule has 2 heterocycles. The molecule has 0 amide bonds. The topological polar surface area (TPSA) is 88.5 Å². The minimum absolute atomic E-state index is 0. The van der Waals surface area contributed by atoms with Gasteiger partial charge in [0.05, 0.1) is 31.2 Å². The second kappa shape index (κ2) is 18.0. The fraction of sp³-hybridized carbons (Fsp3) is 0.522. The average molecular weight is 737 g/mol. The van der Waals surface area contributed by atoms with Gasteiger partial charge in [0.25, 0.3) is 0 Å². The van der Waals surface area contributed by atoms with Crippen LogP contribution in [0.5, 0.6) is 11.5 Å². The summed E-state index contributed by atoms with van der Waals surface area (Å²) in [5, 5.41) is 13.8. The molecule has 0 aromatic heterocycles. The lowest BCUT2D eigenvalue weighted by molar-refractivity contribution is -0.151. The van der Waals surface area contributed by atoms with Gasteiger partial charge < -0.3 is 19.3 Å². The van der Waals surface area contributed by atoms with Gasteiger partial charge in [-0.25, -0.2) is 0 Å². The van der Waals surface area contributed by atoms with Gasteiger partial charge in [-0.05, 0) is 132 Å². The number of fused-ring (bicyclic) bond motifs is 2. The SMILES string of the molecule is C.CC1CCC(Oc2ccc3cc(CN4CC(C(=O)O)C4)ccc3c2)CC1.COC(=O)C1CN(Cc2ccc3cc(OC4CCC(C)CC4)ccc3c2)C1. The molecule has 4 aromatic rings. The van der Waals surface area contributed by atoms with E-state index in [1.807, 2.05) is 0 Å². The van der Waals surface area contributed by atoms with Gasteiger partial charge in [0.15, 0.2) is 0 Å². The van der Waals surface area contributed by atoms with E-state index in [2.05, 4.69) is 96.4 Å². The third-order valence-electron chi connectivity index (χ3n) is 11.9. The molecule has 8 heteroatoms. The Balaban J connectivity index is 0.000000181. The van der Waals surface area contributed by atoms with Crippen LogP contribution in [0.2, 0.25) is 0 Å². The first-order valence-electron chi connectivity index (χ1n) is 19.8. The Morgan fingerprint density at radius 2 is 0.981 bits per heavy atom. The predicted molar refractivity (Wildman–Crippen MR) is 216 cm³/mol. The molecule has 0 spiro atoms. The van der Waals surface area contributed by atoms with Gasteiger partial charge in [-0.3, -0.25) is 19.4 Å². The molecule has 4 aromatic carbocycles. The summed E-state index contributed by atoms with van der Waals surface area (Å²) in [5.41, 5.74) is 2.51. The third-order valence-corrected chi connectivity index (χ3v) is 11.9. The molecule has 1 N–H and O–H groups in total. The second-order valence-electron chi connectivity index (χ2n) is 16.3. The first-order valence-corrected chi connectivity index (χ1v) is 19.8. The Bertz CT molecular complexity index is 1870. The highest BCUT2D eigenvalue weighted by Crippen LogP contribution is 2.31. The van der Waals surface area contributed by atoms with Crippen molar-refractivity contribution in [2.45, 2.75) is 97.9 Å². The Morgan fingerprint density at radius 3 is 1.39 bits per heavy atom. The van der Waals surface area contributed by atoms with Crippen LogP contribution in [0.15, 0.2) is 72.8 Å². The highest BCUT2D eigenvalue weighted by Gasteiger charge is 2.33. The number of likely N-dealkylation sites (tertiary alicyclic amines) is 2. The Kier molecular flexibility index (Phi) is 13.2. The molecule has 4 aliphatic rings. The van der Waals surface area contributed by atoms with Crippen LogP contribution in [0.25, 0.3) is 21.5 Å². The molecular formula is C46H60N2O6. The first-order chi connectivity index (χ1) is 25.7. The summed E-state index contributed by atoms with van der Waals surface area (Å²) in [6, 6.07) is 25.9. The Morgan fingerprint density at radius 1 is 0.593 bits per heavy atom. The van der Waals surface area contributed by atoms with Gasteiger partial charge in [-0.2, -0.15) is 0 Å². The molecule has 2 aliphatic carbocycles. The van der Waals surface area contributed by atoms with E-state index < -0.39 is 5.97 Å². The van der Waals surface area contributed by atoms with Crippen molar-refractivity contribution in [2.24, 2.45) is 23.7 Å². The molecule has 0 atom stereocenters. The van der Waals surface area contributed by atoms with Gasteiger partial charge in [0.2, 0.25) is 0 Å². The minimum Gasteiger partial charge on any atom is -0.490 e. The standard InChI is InChI=1S/C23H29NO3.C22H27NO3.CH4/c1-16-3-8-21(9-4-16)27-22-10-7-18-11-17(5-6-19(18)12-22)13-24-14-20(15-24)23(25)26-2;1-15-2-7-20(8-3-15)26-21-9-6-17-10-16(4-5-18(17)11-21)12-23-13-19(14-23)22(24)25;/h5-7,10-12,16,20-21H,3-4,8-9,13-15H2,1-2H3;4-6,9-11,15,19-20H,2-3,7-8,12-14H2,1H3,(H,24,25);1H4. The van der Waals surface area contributed by atoms with E-state index in [1.54, 1.807) is 0 Å². The van der Waals surface area contributed by atoms with Crippen LogP contribution in [0, 0.1) is 23.7 Å². The third kappa shape index (κ3) is 10.1. The van der Waals surface area contributed by atoms with E-state index in [0.29, 0.717) is 25.3 Å². The van der Waals surface area contributed by atoms with E-state index in [-0.39, 0.29) is 25.2 Å². The highest BCUT2D eigenvalue weighted by atomic mass is 16.5. The van der Waals surface area contributed by atoms with E-state index in [1.165, 1.54) is 78.3 Å². The smallest absolute Gasteiger partial charge is 0.311 e. The average Bonchev–Trinajstić information content (AvgIpc) is 3.12. The van der Waals surface area contributed by atoms with Crippen molar-refractivity contribution in [1.29, 1.82) is 0 Å². The molecule has 2 aliphatic heterocycles. The fourth-order valence-electron chi connectivity index (χ4n) is 8.36. The Hall–Kier alpha value is -4.14. The number of hydrogen-bond acceptors (Lipinski definition) is 7. The largest absolute Gasteiger partial charge is 0.490 e. The number of rotatable bonds is 10. The number of hydrogen-bond donors (Lipinski definition) is 1. The van der Waals surface area contributed by atoms with Gasteiger partial charge in [0, 0.05) is 39.3 Å². The van der Waals surface area contributed by atoms with Crippen LogP contribution in [0.3, 0.4) is 0 Å². The van der Waals surface area contributed by atoms with Crippen LogP contribution in [-0.4, -0.2) is 72.3 Å². The number of carboxylic acids is 1. The molecule has 2 saturated heterocycles. The highest BCUT2D eigenvalue weighted by molar-refractivity contribution is 5.85. The second-order valence-corrected chi connectivity index (χ2v) is 16.3. The zero-order chi connectivity index (χ0) is 36.9. The number of methoxy groups -OCH3 is 1. The molecule has 290 valence electrons. The number of carbonyl (C=O) groups is 2. The summed E-state index contributed by atoms with van der Waals surface area (Å²) in [6.07, 6.45) is 10.5. The molecule has 2 saturated carbocycles. The summed E-state index contributed by atoms with van der Waals surface area (Å²) in [4.78, 5) is 26.9. The van der Waals surface area contributed by atoms with Crippen molar-refractivity contribution < 1.29 is 28.9 Å². The molecule has 8 nitrogen and oxygen atoms in total. The lowest BCUT2D eigenvalue weighted by atomic mass is 9.89. The maximum Gasteiger partial charge on any atom is 0.311 e. The van der Waals surface area contributed by atoms with E-state index in [9.17, 15) is 9.59 Å². The number of nitrogens with zero attached hydrogens (tertiary/aromatic N) is 2. The number of benzene rings is 4. The van der Waals surface area contributed by atoms with Gasteiger partial charge in [-0.1, -0.05) is 57.7 Å². The minimum atomic E-state index is -0.681. The lowest BCUT2D eigenvalue weighted by Gasteiger charge is -2.37. The van der Waals surface area contributed by atoms with Crippen molar-refractivity contribution in [3.05, 3.63) is 83.9 Å². The van der Waals surface area contributed by atoms with Crippen LogP contribution in [0.1, 0.15) is 83.8 Å². The number of ether oxygens (including phenoxy) is 3. The van der Waals surface area contributed by atoms with Crippen molar-refractivity contribution >= 4 is 33.5 Å². The zero-order valence-corrected chi connectivity index (χ0v) is 31.7.